The third-order valence-electron chi connectivity index (χ3n) is 5.72. The second-order valence-electron chi connectivity index (χ2n) is 7.90. The molecule has 7 heteroatoms. The lowest BCUT2D eigenvalue weighted by atomic mass is 9.85. The van der Waals surface area contributed by atoms with Crippen molar-refractivity contribution < 1.29 is 14.3 Å². The Labute approximate surface area is 180 Å². The van der Waals surface area contributed by atoms with Gasteiger partial charge in [0, 0.05) is 18.0 Å². The van der Waals surface area contributed by atoms with E-state index in [-0.39, 0.29) is 23.4 Å². The van der Waals surface area contributed by atoms with E-state index in [9.17, 15) is 14.3 Å². The predicted octanol–water partition coefficient (Wildman–Crippen LogP) is 3.81. The fourth-order valence-corrected chi connectivity index (χ4v) is 3.91. The summed E-state index contributed by atoms with van der Waals surface area (Å²) in [6.07, 6.45) is 4.51. The van der Waals surface area contributed by atoms with E-state index in [1.165, 1.54) is 12.1 Å². The molecule has 0 unspecified atom stereocenters. The molecule has 1 saturated carbocycles. The Balaban J connectivity index is 1.52. The van der Waals surface area contributed by atoms with Crippen molar-refractivity contribution in [2.45, 2.75) is 44.2 Å². The number of hydrogen-bond donors (Lipinski definition) is 3. The number of aliphatic hydroxyl groups excluding tert-OH is 1. The van der Waals surface area contributed by atoms with Crippen LogP contribution in [0.15, 0.2) is 54.7 Å². The van der Waals surface area contributed by atoms with E-state index >= 15 is 0 Å². The van der Waals surface area contributed by atoms with Gasteiger partial charge in [-0.1, -0.05) is 36.4 Å². The molecule has 3 aromatic rings. The van der Waals surface area contributed by atoms with Gasteiger partial charge in [-0.2, -0.15) is 0 Å². The molecule has 1 fully saturated rings. The summed E-state index contributed by atoms with van der Waals surface area (Å²) in [6.45, 7) is 0.317. The number of anilines is 1. The Morgan fingerprint density at radius 1 is 1.13 bits per heavy atom. The van der Waals surface area contributed by atoms with E-state index in [2.05, 4.69) is 15.3 Å². The summed E-state index contributed by atoms with van der Waals surface area (Å²) in [5.74, 6) is -0.722. The first kappa shape index (κ1) is 20.9. The van der Waals surface area contributed by atoms with Crippen LogP contribution in [0.3, 0.4) is 0 Å². The number of nitrogens with one attached hydrogen (secondary N) is 1. The lowest BCUT2D eigenvalue weighted by molar-refractivity contribution is 0.0947. The van der Waals surface area contributed by atoms with Crippen LogP contribution in [-0.2, 0) is 6.54 Å². The number of nitrogen functional groups attached to an aromatic ring is 1. The van der Waals surface area contributed by atoms with Crippen molar-refractivity contribution in [2.75, 3.05) is 5.73 Å². The van der Waals surface area contributed by atoms with Crippen LogP contribution < -0.4 is 11.1 Å². The molecule has 0 bridgehead atoms. The summed E-state index contributed by atoms with van der Waals surface area (Å²) < 4.78 is 14.8. The monoisotopic (exact) mass is 420 g/mol. The van der Waals surface area contributed by atoms with E-state index in [1.54, 1.807) is 12.3 Å². The van der Waals surface area contributed by atoms with Crippen molar-refractivity contribution >= 4 is 11.7 Å². The molecule has 4 N–H and O–H groups in total. The summed E-state index contributed by atoms with van der Waals surface area (Å²) in [7, 11) is 0. The standard InChI is InChI=1S/C24H25FN4O2/c25-20-12-17(8-11-19(20)24(31)28-13-15-4-2-1-3-5-15)22-23(26)27-14-21(29-22)16-6-9-18(30)10-7-16/h1-5,8,11-12,14,16,18,30H,6-7,9-10,13H2,(H2,26,27)(H,28,31). The van der Waals surface area contributed by atoms with E-state index in [0.29, 0.717) is 17.8 Å². The van der Waals surface area contributed by atoms with Crippen LogP contribution in [0.5, 0.6) is 0 Å². The molecule has 1 amide bonds. The van der Waals surface area contributed by atoms with Crippen LogP contribution in [0.1, 0.15) is 53.2 Å². The van der Waals surface area contributed by atoms with E-state index < -0.39 is 11.7 Å². The highest BCUT2D eigenvalue weighted by molar-refractivity contribution is 5.95. The van der Waals surface area contributed by atoms with Crippen molar-refractivity contribution in [3.63, 3.8) is 0 Å². The SMILES string of the molecule is Nc1ncc(C2CCC(O)CC2)nc1-c1ccc(C(=O)NCc2ccccc2)c(F)c1. The number of halogens is 1. The molecule has 160 valence electrons. The molecule has 2 aromatic carbocycles. The highest BCUT2D eigenvalue weighted by atomic mass is 19.1. The lowest BCUT2D eigenvalue weighted by Gasteiger charge is -2.25. The van der Waals surface area contributed by atoms with Gasteiger partial charge in [0.25, 0.3) is 5.91 Å². The molecule has 0 spiro atoms. The number of amides is 1. The van der Waals surface area contributed by atoms with Gasteiger partial charge in [0.15, 0.2) is 0 Å². The fourth-order valence-electron chi connectivity index (χ4n) is 3.91. The van der Waals surface area contributed by atoms with Crippen LogP contribution in [0, 0.1) is 5.82 Å². The first-order valence-electron chi connectivity index (χ1n) is 10.4. The van der Waals surface area contributed by atoms with Gasteiger partial charge in [-0.05, 0) is 43.4 Å². The molecule has 31 heavy (non-hydrogen) atoms. The van der Waals surface area contributed by atoms with Crippen molar-refractivity contribution in [3.8, 4) is 11.3 Å². The van der Waals surface area contributed by atoms with Gasteiger partial charge < -0.3 is 16.2 Å². The third kappa shape index (κ3) is 4.88. The van der Waals surface area contributed by atoms with Gasteiger partial charge in [0.05, 0.1) is 23.6 Å². The molecule has 0 saturated heterocycles. The first-order chi connectivity index (χ1) is 15.0. The summed E-state index contributed by atoms with van der Waals surface area (Å²) in [6, 6.07) is 13.8. The number of nitrogens with zero attached hydrogens (tertiary/aromatic N) is 2. The third-order valence-corrected chi connectivity index (χ3v) is 5.72. The van der Waals surface area contributed by atoms with Gasteiger partial charge in [0.1, 0.15) is 17.3 Å². The van der Waals surface area contributed by atoms with Crippen molar-refractivity contribution in [3.05, 3.63) is 77.4 Å². The zero-order chi connectivity index (χ0) is 21.8. The van der Waals surface area contributed by atoms with Crippen molar-refractivity contribution in [1.82, 2.24) is 15.3 Å². The van der Waals surface area contributed by atoms with E-state index in [4.69, 9.17) is 5.73 Å². The molecular formula is C24H25FN4O2. The Bertz CT molecular complexity index is 1070. The molecule has 1 aliphatic rings. The quantitative estimate of drug-likeness (QED) is 0.583. The number of benzene rings is 2. The van der Waals surface area contributed by atoms with Crippen LogP contribution in [0.4, 0.5) is 10.2 Å². The normalized spacial score (nSPS) is 18.5. The number of aliphatic hydroxyl groups is 1. The minimum atomic E-state index is -0.643. The second kappa shape index (κ2) is 9.22. The number of hydrogen-bond acceptors (Lipinski definition) is 5. The maximum absolute atomic E-state index is 14.8. The Morgan fingerprint density at radius 3 is 2.58 bits per heavy atom. The smallest absolute Gasteiger partial charge is 0.254 e. The minimum Gasteiger partial charge on any atom is -0.393 e. The maximum atomic E-state index is 14.8. The van der Waals surface area contributed by atoms with Crippen molar-refractivity contribution in [1.29, 1.82) is 0 Å². The number of nitrogens with two attached hydrogens (primary N) is 1. The minimum absolute atomic E-state index is 0.0383. The summed E-state index contributed by atoms with van der Waals surface area (Å²) >= 11 is 0. The highest BCUT2D eigenvalue weighted by Gasteiger charge is 2.23. The largest absolute Gasteiger partial charge is 0.393 e. The molecule has 0 atom stereocenters. The van der Waals surface area contributed by atoms with E-state index in [1.807, 2.05) is 30.3 Å². The Morgan fingerprint density at radius 2 is 1.87 bits per heavy atom. The van der Waals surface area contributed by atoms with Crippen molar-refractivity contribution in [2.24, 2.45) is 0 Å². The molecule has 1 aliphatic carbocycles. The van der Waals surface area contributed by atoms with Crippen LogP contribution in [0.2, 0.25) is 0 Å². The van der Waals surface area contributed by atoms with Gasteiger partial charge in [0.2, 0.25) is 0 Å². The number of rotatable bonds is 5. The maximum Gasteiger partial charge on any atom is 0.254 e. The number of aromatic nitrogens is 2. The van der Waals surface area contributed by atoms with E-state index in [0.717, 1.165) is 36.9 Å². The van der Waals surface area contributed by atoms with Gasteiger partial charge in [-0.3, -0.25) is 4.79 Å². The molecule has 0 radical (unpaired) electrons. The molecular weight excluding hydrogens is 395 g/mol. The summed E-state index contributed by atoms with van der Waals surface area (Å²) in [5, 5.41) is 12.5. The molecule has 4 rings (SSSR count). The Kier molecular flexibility index (Phi) is 6.23. The lowest BCUT2D eigenvalue weighted by Crippen LogP contribution is -2.23. The van der Waals surface area contributed by atoms with Gasteiger partial charge in [-0.25, -0.2) is 14.4 Å². The average molecular weight is 420 g/mol. The summed E-state index contributed by atoms with van der Waals surface area (Å²) in [5.41, 5.74) is 8.58. The number of carbonyl (C=O) groups excluding carboxylic acids is 1. The van der Waals surface area contributed by atoms with Gasteiger partial charge >= 0.3 is 0 Å². The predicted molar refractivity (Wildman–Crippen MR) is 117 cm³/mol. The Hall–Kier alpha value is -3.32. The van der Waals surface area contributed by atoms with Crippen LogP contribution >= 0.6 is 0 Å². The molecule has 1 heterocycles. The molecule has 0 aliphatic heterocycles. The number of carbonyl (C=O) groups is 1. The van der Waals surface area contributed by atoms with Crippen LogP contribution in [0.25, 0.3) is 11.3 Å². The van der Waals surface area contributed by atoms with Gasteiger partial charge in [-0.15, -0.1) is 0 Å². The first-order valence-corrected chi connectivity index (χ1v) is 10.4. The van der Waals surface area contributed by atoms with Crippen LogP contribution in [-0.4, -0.2) is 27.1 Å². The molecule has 6 nitrogen and oxygen atoms in total. The zero-order valence-corrected chi connectivity index (χ0v) is 17.1. The average Bonchev–Trinajstić information content (AvgIpc) is 2.79. The topological polar surface area (TPSA) is 101 Å². The fraction of sp³-hybridized carbons (Fsp3) is 0.292. The zero-order valence-electron chi connectivity index (χ0n) is 17.1. The summed E-state index contributed by atoms with van der Waals surface area (Å²) in [4.78, 5) is 21.3. The second-order valence-corrected chi connectivity index (χ2v) is 7.90. The molecule has 1 aromatic heterocycles. The highest BCUT2D eigenvalue weighted by Crippen LogP contribution is 2.33.